The van der Waals surface area contributed by atoms with Gasteiger partial charge in [0.1, 0.15) is 0 Å². The first-order chi connectivity index (χ1) is 15.1. The van der Waals surface area contributed by atoms with Crippen molar-refractivity contribution >= 4 is 11.9 Å². The van der Waals surface area contributed by atoms with Crippen LogP contribution in [0, 0.1) is 11.8 Å². The van der Waals surface area contributed by atoms with Gasteiger partial charge in [-0.1, -0.05) is 103 Å². The SMILES string of the molecule is CCCCCCCCCCCCCCCCCCNC(=O)C1C2CCC(O2)C1C(=O)O. The molecule has 5 heteroatoms. The molecule has 1 amide bonds. The molecule has 2 N–H and O–H groups in total. The maximum atomic E-state index is 12.5. The fourth-order valence-electron chi connectivity index (χ4n) is 5.33. The molecule has 31 heavy (non-hydrogen) atoms. The third kappa shape index (κ3) is 9.51. The summed E-state index contributed by atoms with van der Waals surface area (Å²) in [6, 6.07) is 0. The number of hydrogen-bond donors (Lipinski definition) is 2. The van der Waals surface area contributed by atoms with Crippen LogP contribution < -0.4 is 5.32 Å². The van der Waals surface area contributed by atoms with Gasteiger partial charge in [0.05, 0.1) is 24.0 Å². The monoisotopic (exact) mass is 437 g/mol. The van der Waals surface area contributed by atoms with Crippen molar-refractivity contribution in [2.75, 3.05) is 6.54 Å². The van der Waals surface area contributed by atoms with E-state index in [-0.39, 0.29) is 18.1 Å². The van der Waals surface area contributed by atoms with E-state index in [4.69, 9.17) is 4.74 Å². The number of rotatable bonds is 19. The van der Waals surface area contributed by atoms with Crippen LogP contribution in [0.2, 0.25) is 0 Å². The normalized spacial score (nSPS) is 24.5. The molecule has 2 saturated heterocycles. The molecule has 2 bridgehead atoms. The highest BCUT2D eigenvalue weighted by Crippen LogP contribution is 2.43. The van der Waals surface area contributed by atoms with E-state index in [1.807, 2.05) is 0 Å². The van der Waals surface area contributed by atoms with Crippen LogP contribution >= 0.6 is 0 Å². The molecule has 0 radical (unpaired) electrons. The smallest absolute Gasteiger partial charge is 0.310 e. The topological polar surface area (TPSA) is 75.6 Å². The molecular weight excluding hydrogens is 390 g/mol. The molecule has 2 fully saturated rings. The summed E-state index contributed by atoms with van der Waals surface area (Å²) in [6.45, 7) is 2.92. The predicted molar refractivity (Wildman–Crippen MR) is 125 cm³/mol. The Labute approximate surface area is 190 Å². The number of ether oxygens (including phenoxy) is 1. The zero-order chi connectivity index (χ0) is 22.3. The summed E-state index contributed by atoms with van der Waals surface area (Å²) in [5, 5.41) is 12.4. The first-order valence-corrected chi connectivity index (χ1v) is 13.3. The number of hydrogen-bond acceptors (Lipinski definition) is 3. The number of nitrogens with one attached hydrogen (secondary N) is 1. The van der Waals surface area contributed by atoms with Gasteiger partial charge in [0.15, 0.2) is 0 Å². The number of fused-ring (bicyclic) bond motifs is 2. The minimum absolute atomic E-state index is 0.124. The van der Waals surface area contributed by atoms with Crippen molar-refractivity contribution in [2.24, 2.45) is 11.8 Å². The van der Waals surface area contributed by atoms with E-state index in [9.17, 15) is 14.7 Å². The van der Waals surface area contributed by atoms with Gasteiger partial charge >= 0.3 is 5.97 Å². The average molecular weight is 438 g/mol. The minimum atomic E-state index is -0.894. The molecule has 0 aromatic carbocycles. The van der Waals surface area contributed by atoms with Crippen LogP contribution in [0.3, 0.4) is 0 Å². The van der Waals surface area contributed by atoms with Gasteiger partial charge in [0.25, 0.3) is 0 Å². The highest BCUT2D eigenvalue weighted by Gasteiger charge is 2.55. The fourth-order valence-corrected chi connectivity index (χ4v) is 5.33. The van der Waals surface area contributed by atoms with E-state index >= 15 is 0 Å². The number of carbonyl (C=O) groups is 2. The summed E-state index contributed by atoms with van der Waals surface area (Å²) in [6.07, 6.45) is 22.4. The standard InChI is InChI=1S/C26H47NO4/c1-2-3-4-5-6-7-8-9-10-11-12-13-14-15-16-17-20-27-25(28)23-21-18-19-22(31-21)24(23)26(29)30/h21-24H,2-20H2,1H3,(H,27,28)(H,29,30). The summed E-state index contributed by atoms with van der Waals surface area (Å²) in [5.74, 6) is -2.18. The zero-order valence-corrected chi connectivity index (χ0v) is 19.9. The first kappa shape index (κ1) is 26.2. The van der Waals surface area contributed by atoms with E-state index < -0.39 is 17.8 Å². The summed E-state index contributed by atoms with van der Waals surface area (Å²) in [5.41, 5.74) is 0. The Kier molecular flexibility index (Phi) is 13.2. The fraction of sp³-hybridized carbons (Fsp3) is 0.923. The Morgan fingerprint density at radius 2 is 1.13 bits per heavy atom. The summed E-state index contributed by atoms with van der Waals surface area (Å²) >= 11 is 0. The molecule has 4 atom stereocenters. The Bertz CT molecular complexity index is 510. The lowest BCUT2D eigenvalue weighted by atomic mass is 9.78. The van der Waals surface area contributed by atoms with Crippen LogP contribution in [0.15, 0.2) is 0 Å². The molecule has 0 aromatic rings. The lowest BCUT2D eigenvalue weighted by molar-refractivity contribution is -0.147. The minimum Gasteiger partial charge on any atom is -0.481 e. The highest BCUT2D eigenvalue weighted by molar-refractivity contribution is 5.86. The number of amides is 1. The second-order valence-electron chi connectivity index (χ2n) is 9.77. The number of unbranched alkanes of at least 4 members (excludes halogenated alkanes) is 15. The molecule has 2 aliphatic rings. The quantitative estimate of drug-likeness (QED) is 0.234. The van der Waals surface area contributed by atoms with Gasteiger partial charge in [-0.25, -0.2) is 0 Å². The summed E-state index contributed by atoms with van der Waals surface area (Å²) in [4.78, 5) is 23.9. The van der Waals surface area contributed by atoms with Gasteiger partial charge in [0, 0.05) is 6.54 Å². The van der Waals surface area contributed by atoms with Crippen molar-refractivity contribution in [3.05, 3.63) is 0 Å². The van der Waals surface area contributed by atoms with Gasteiger partial charge in [-0.2, -0.15) is 0 Å². The summed E-state index contributed by atoms with van der Waals surface area (Å²) < 4.78 is 5.68. The maximum absolute atomic E-state index is 12.5. The van der Waals surface area contributed by atoms with Crippen molar-refractivity contribution in [1.29, 1.82) is 0 Å². The van der Waals surface area contributed by atoms with Gasteiger partial charge in [0.2, 0.25) is 5.91 Å². The number of carboxylic acid groups (broad SMARTS) is 1. The molecule has 5 nitrogen and oxygen atoms in total. The molecule has 0 saturated carbocycles. The lowest BCUT2D eigenvalue weighted by Gasteiger charge is -2.23. The third-order valence-corrected chi connectivity index (χ3v) is 7.19. The second-order valence-corrected chi connectivity index (χ2v) is 9.77. The van der Waals surface area contributed by atoms with Gasteiger partial charge < -0.3 is 15.2 Å². The van der Waals surface area contributed by atoms with E-state index in [0.29, 0.717) is 6.54 Å². The Morgan fingerprint density at radius 3 is 1.58 bits per heavy atom. The van der Waals surface area contributed by atoms with E-state index in [0.717, 1.165) is 25.7 Å². The van der Waals surface area contributed by atoms with Gasteiger partial charge in [-0.05, 0) is 19.3 Å². The molecule has 2 aliphatic heterocycles. The Hall–Kier alpha value is -1.10. The van der Waals surface area contributed by atoms with E-state index in [1.54, 1.807) is 0 Å². The van der Waals surface area contributed by atoms with Crippen LogP contribution in [-0.2, 0) is 14.3 Å². The molecule has 0 spiro atoms. The summed E-state index contributed by atoms with van der Waals surface area (Å²) in [7, 11) is 0. The molecule has 4 unspecified atom stereocenters. The molecule has 2 rings (SSSR count). The van der Waals surface area contributed by atoms with Crippen LogP contribution in [0.4, 0.5) is 0 Å². The largest absolute Gasteiger partial charge is 0.481 e. The van der Waals surface area contributed by atoms with E-state index in [1.165, 1.54) is 89.9 Å². The molecule has 180 valence electrons. The maximum Gasteiger partial charge on any atom is 0.310 e. The predicted octanol–water partition coefficient (Wildman–Crippen LogP) is 6.24. The second kappa shape index (κ2) is 15.7. The zero-order valence-electron chi connectivity index (χ0n) is 19.9. The van der Waals surface area contributed by atoms with Crippen LogP contribution in [0.1, 0.15) is 122 Å². The van der Waals surface area contributed by atoms with Crippen LogP contribution in [-0.4, -0.2) is 35.7 Å². The Balaban J connectivity index is 1.35. The molecule has 0 aromatic heterocycles. The van der Waals surface area contributed by atoms with Crippen molar-refractivity contribution < 1.29 is 19.4 Å². The number of carboxylic acids is 1. The van der Waals surface area contributed by atoms with E-state index in [2.05, 4.69) is 12.2 Å². The average Bonchev–Trinajstić information content (AvgIpc) is 3.37. The number of carbonyl (C=O) groups excluding carboxylic acids is 1. The van der Waals surface area contributed by atoms with Gasteiger partial charge in [-0.3, -0.25) is 9.59 Å². The highest BCUT2D eigenvalue weighted by atomic mass is 16.5. The van der Waals surface area contributed by atoms with Crippen molar-refractivity contribution in [1.82, 2.24) is 5.32 Å². The molecule has 2 heterocycles. The van der Waals surface area contributed by atoms with Crippen LogP contribution in [0.25, 0.3) is 0 Å². The lowest BCUT2D eigenvalue weighted by Crippen LogP contribution is -2.44. The molecule has 0 aliphatic carbocycles. The van der Waals surface area contributed by atoms with Crippen molar-refractivity contribution in [3.63, 3.8) is 0 Å². The molecular formula is C26H47NO4. The van der Waals surface area contributed by atoms with Gasteiger partial charge in [-0.15, -0.1) is 0 Å². The first-order valence-electron chi connectivity index (χ1n) is 13.3. The Morgan fingerprint density at radius 1 is 0.710 bits per heavy atom. The van der Waals surface area contributed by atoms with Crippen LogP contribution in [0.5, 0.6) is 0 Å². The number of aliphatic carboxylic acids is 1. The third-order valence-electron chi connectivity index (χ3n) is 7.19. The van der Waals surface area contributed by atoms with Crippen molar-refractivity contribution in [2.45, 2.75) is 135 Å². The van der Waals surface area contributed by atoms with Crippen molar-refractivity contribution in [3.8, 4) is 0 Å².